The molecule has 0 aliphatic rings. The zero-order chi connectivity index (χ0) is 8.91. The van der Waals surface area contributed by atoms with Crippen LogP contribution in [0.25, 0.3) is 0 Å². The number of hydrogen-bond donors (Lipinski definition) is 2. The molecule has 11 heavy (non-hydrogen) atoms. The van der Waals surface area contributed by atoms with Crippen molar-refractivity contribution in [3.63, 3.8) is 0 Å². The number of rotatable bonds is 3. The quantitative estimate of drug-likeness (QED) is 0.594. The van der Waals surface area contributed by atoms with Crippen LogP contribution in [0.1, 0.15) is 27.2 Å². The third kappa shape index (κ3) is 7.29. The predicted octanol–water partition coefficient (Wildman–Crippen LogP) is 0.605. The Hall–Kier alpha value is -0.610. The second kappa shape index (κ2) is 4.31. The Balaban J connectivity index is 3.53. The van der Waals surface area contributed by atoms with Crippen molar-refractivity contribution in [3.8, 4) is 0 Å². The fourth-order valence-corrected chi connectivity index (χ4v) is 0.577. The first-order valence-electron chi connectivity index (χ1n) is 3.57. The van der Waals surface area contributed by atoms with Gasteiger partial charge in [0, 0.05) is 7.05 Å². The van der Waals surface area contributed by atoms with E-state index >= 15 is 0 Å². The van der Waals surface area contributed by atoms with Gasteiger partial charge in [0.05, 0.1) is 6.42 Å². The molecule has 0 saturated heterocycles. The molecule has 0 atom stereocenters. The van der Waals surface area contributed by atoms with Crippen LogP contribution in [-0.2, 0) is 9.63 Å². The summed E-state index contributed by atoms with van der Waals surface area (Å²) in [4.78, 5) is 15.5. The van der Waals surface area contributed by atoms with Gasteiger partial charge in [0.1, 0.15) is 0 Å². The maximum Gasteiger partial charge on any atom is 0.327 e. The van der Waals surface area contributed by atoms with Crippen LogP contribution in [0.2, 0.25) is 0 Å². The highest BCUT2D eigenvalue weighted by molar-refractivity contribution is 5.69. The zero-order valence-electron chi connectivity index (χ0n) is 7.52. The van der Waals surface area contributed by atoms with Crippen LogP contribution in [0, 0.1) is 5.41 Å². The van der Waals surface area contributed by atoms with E-state index in [-0.39, 0.29) is 11.4 Å². The average molecular weight is 160 g/mol. The van der Waals surface area contributed by atoms with Crippen molar-refractivity contribution in [1.82, 2.24) is 11.0 Å². The fraction of sp³-hybridized carbons (Fsp3) is 0.857. The molecule has 0 spiro atoms. The van der Waals surface area contributed by atoms with Gasteiger partial charge >= 0.3 is 5.97 Å². The molecule has 66 valence electrons. The number of carbonyl (C=O) groups is 1. The van der Waals surface area contributed by atoms with Gasteiger partial charge in [-0.2, -0.15) is 0 Å². The summed E-state index contributed by atoms with van der Waals surface area (Å²) in [7, 11) is 1.63. The molecule has 0 saturated carbocycles. The number of hydrazine groups is 1. The maximum absolute atomic E-state index is 10.9. The molecular weight excluding hydrogens is 144 g/mol. The normalized spacial score (nSPS) is 11.3. The summed E-state index contributed by atoms with van der Waals surface area (Å²) in [5, 5.41) is 0. The zero-order valence-corrected chi connectivity index (χ0v) is 7.52. The van der Waals surface area contributed by atoms with Crippen molar-refractivity contribution in [2.45, 2.75) is 27.2 Å². The van der Waals surface area contributed by atoms with Crippen molar-refractivity contribution in [1.29, 1.82) is 0 Å². The van der Waals surface area contributed by atoms with Crippen LogP contribution in [0.15, 0.2) is 0 Å². The minimum absolute atomic E-state index is 0.0213. The predicted molar refractivity (Wildman–Crippen MR) is 42.4 cm³/mol. The fourth-order valence-electron chi connectivity index (χ4n) is 0.577. The molecule has 0 fully saturated rings. The Morgan fingerprint density at radius 1 is 1.45 bits per heavy atom. The Morgan fingerprint density at radius 2 is 2.00 bits per heavy atom. The lowest BCUT2D eigenvalue weighted by molar-refractivity contribution is -0.155. The van der Waals surface area contributed by atoms with Crippen LogP contribution in [0.3, 0.4) is 0 Å². The third-order valence-corrected chi connectivity index (χ3v) is 0.942. The summed E-state index contributed by atoms with van der Waals surface area (Å²) in [5.41, 5.74) is 4.74. The van der Waals surface area contributed by atoms with E-state index in [9.17, 15) is 4.79 Å². The number of nitrogens with one attached hydrogen (secondary N) is 2. The van der Waals surface area contributed by atoms with E-state index in [0.29, 0.717) is 6.42 Å². The SMILES string of the molecule is CNNOC(=O)CC(C)(C)C. The molecule has 0 heterocycles. The third-order valence-electron chi connectivity index (χ3n) is 0.942. The van der Waals surface area contributed by atoms with Gasteiger partial charge in [0.25, 0.3) is 0 Å². The van der Waals surface area contributed by atoms with Gasteiger partial charge in [-0.1, -0.05) is 26.4 Å². The summed E-state index contributed by atoms with van der Waals surface area (Å²) >= 11 is 0. The Bertz CT molecular complexity index is 129. The number of hydrogen-bond acceptors (Lipinski definition) is 4. The Kier molecular flexibility index (Phi) is 4.07. The highest BCUT2D eigenvalue weighted by atomic mass is 16.7. The molecule has 0 aromatic rings. The van der Waals surface area contributed by atoms with Crippen molar-refractivity contribution >= 4 is 5.97 Å². The molecule has 0 aliphatic carbocycles. The van der Waals surface area contributed by atoms with E-state index in [1.807, 2.05) is 20.8 Å². The molecule has 0 bridgehead atoms. The molecule has 4 heteroatoms. The molecule has 0 aromatic carbocycles. The standard InChI is InChI=1S/C7H16N2O2/c1-7(2,3)5-6(10)11-9-8-4/h8-9H,5H2,1-4H3. The largest absolute Gasteiger partial charge is 0.356 e. The molecule has 4 nitrogen and oxygen atoms in total. The minimum atomic E-state index is -0.258. The highest BCUT2D eigenvalue weighted by Crippen LogP contribution is 2.18. The van der Waals surface area contributed by atoms with Gasteiger partial charge in [-0.05, 0) is 5.41 Å². The summed E-state index contributed by atoms with van der Waals surface area (Å²) in [5.74, 6) is -0.258. The number of carbonyl (C=O) groups excluding carboxylic acids is 1. The Labute approximate surface area is 67.2 Å². The lowest BCUT2D eigenvalue weighted by Gasteiger charge is -2.15. The summed E-state index contributed by atoms with van der Waals surface area (Å²) < 4.78 is 0. The van der Waals surface area contributed by atoms with Gasteiger partial charge in [0.15, 0.2) is 0 Å². The first-order chi connectivity index (χ1) is 4.95. The van der Waals surface area contributed by atoms with Crippen LogP contribution in [0.5, 0.6) is 0 Å². The second-order valence-corrected chi connectivity index (χ2v) is 3.56. The summed E-state index contributed by atoms with van der Waals surface area (Å²) in [6, 6.07) is 0. The van der Waals surface area contributed by atoms with E-state index in [2.05, 4.69) is 15.9 Å². The monoisotopic (exact) mass is 160 g/mol. The first kappa shape index (κ1) is 10.4. The first-order valence-corrected chi connectivity index (χ1v) is 3.57. The van der Waals surface area contributed by atoms with Crippen LogP contribution >= 0.6 is 0 Å². The lowest BCUT2D eigenvalue weighted by atomic mass is 9.93. The van der Waals surface area contributed by atoms with Gasteiger partial charge in [-0.25, -0.2) is 5.43 Å². The van der Waals surface area contributed by atoms with E-state index in [4.69, 9.17) is 0 Å². The second-order valence-electron chi connectivity index (χ2n) is 3.56. The molecule has 0 radical (unpaired) electrons. The smallest absolute Gasteiger partial charge is 0.327 e. The van der Waals surface area contributed by atoms with E-state index in [0.717, 1.165) is 0 Å². The van der Waals surface area contributed by atoms with Crippen molar-refractivity contribution in [2.75, 3.05) is 7.05 Å². The van der Waals surface area contributed by atoms with Crippen LogP contribution in [-0.4, -0.2) is 13.0 Å². The molecule has 0 rings (SSSR count). The molecule has 0 aliphatic heterocycles. The maximum atomic E-state index is 10.9. The van der Waals surface area contributed by atoms with Crippen molar-refractivity contribution in [3.05, 3.63) is 0 Å². The van der Waals surface area contributed by atoms with E-state index < -0.39 is 0 Å². The van der Waals surface area contributed by atoms with Gasteiger partial charge in [-0.3, -0.25) is 4.79 Å². The molecule has 0 amide bonds. The minimum Gasteiger partial charge on any atom is -0.356 e. The molecular formula is C7H16N2O2. The van der Waals surface area contributed by atoms with Crippen LogP contribution < -0.4 is 11.0 Å². The van der Waals surface area contributed by atoms with Gasteiger partial charge < -0.3 is 4.84 Å². The molecule has 2 N–H and O–H groups in total. The summed E-state index contributed by atoms with van der Waals surface area (Å²) in [6.45, 7) is 5.94. The topological polar surface area (TPSA) is 50.4 Å². The van der Waals surface area contributed by atoms with Gasteiger partial charge in [0.2, 0.25) is 0 Å². The lowest BCUT2D eigenvalue weighted by Crippen LogP contribution is -2.31. The van der Waals surface area contributed by atoms with Crippen LogP contribution in [0.4, 0.5) is 0 Å². The Morgan fingerprint density at radius 3 is 2.36 bits per heavy atom. The average Bonchev–Trinajstić information content (AvgIpc) is 1.79. The van der Waals surface area contributed by atoms with E-state index in [1.54, 1.807) is 7.05 Å². The molecule has 0 unspecified atom stereocenters. The van der Waals surface area contributed by atoms with E-state index in [1.165, 1.54) is 0 Å². The van der Waals surface area contributed by atoms with Crippen molar-refractivity contribution in [2.24, 2.45) is 5.41 Å². The summed E-state index contributed by atoms with van der Waals surface area (Å²) in [6.07, 6.45) is 0.404. The van der Waals surface area contributed by atoms with Crippen molar-refractivity contribution < 1.29 is 9.63 Å². The highest BCUT2D eigenvalue weighted by Gasteiger charge is 2.16. The van der Waals surface area contributed by atoms with Gasteiger partial charge in [-0.15, -0.1) is 0 Å². The molecule has 0 aromatic heterocycles.